The van der Waals surface area contributed by atoms with Crippen LogP contribution in [0.4, 0.5) is 0 Å². The van der Waals surface area contributed by atoms with Crippen LogP contribution in [0.3, 0.4) is 0 Å². The first-order valence-electron chi connectivity index (χ1n) is 8.96. The zero-order valence-corrected chi connectivity index (χ0v) is 13.4. The molecule has 0 unspecified atom stereocenters. The normalized spacial score (nSPS) is 34.9. The van der Waals surface area contributed by atoms with Crippen molar-refractivity contribution in [1.29, 1.82) is 0 Å². The van der Waals surface area contributed by atoms with E-state index in [1.54, 1.807) is 0 Å². The van der Waals surface area contributed by atoms with Crippen LogP contribution in [0, 0.1) is 23.2 Å². The fraction of sp³-hybridized carbons (Fsp3) is 0.550. The molecule has 4 bridgehead atoms. The first-order valence-corrected chi connectivity index (χ1v) is 8.96. The monoisotopic (exact) mass is 309 g/mol. The van der Waals surface area contributed by atoms with Gasteiger partial charge in [0.25, 0.3) is 5.91 Å². The maximum Gasteiger partial charge on any atom is 0.287 e. The van der Waals surface area contributed by atoms with Crippen molar-refractivity contribution in [3.63, 3.8) is 0 Å². The quantitative estimate of drug-likeness (QED) is 0.914. The van der Waals surface area contributed by atoms with Gasteiger partial charge in [-0.25, -0.2) is 0 Å². The first-order chi connectivity index (χ1) is 11.2. The molecule has 0 aliphatic heterocycles. The number of hydrogen-bond donors (Lipinski definition) is 1. The lowest BCUT2D eigenvalue weighted by Crippen LogP contribution is -2.51. The van der Waals surface area contributed by atoms with Crippen molar-refractivity contribution in [2.45, 2.75) is 38.5 Å². The molecule has 0 spiro atoms. The number of benzene rings is 1. The van der Waals surface area contributed by atoms with E-state index < -0.39 is 0 Å². The van der Waals surface area contributed by atoms with Crippen molar-refractivity contribution >= 4 is 16.9 Å². The molecule has 4 aliphatic rings. The van der Waals surface area contributed by atoms with Gasteiger partial charge in [-0.05, 0) is 73.8 Å². The molecule has 0 radical (unpaired) electrons. The summed E-state index contributed by atoms with van der Waals surface area (Å²) >= 11 is 0. The zero-order valence-electron chi connectivity index (χ0n) is 13.4. The topological polar surface area (TPSA) is 42.2 Å². The van der Waals surface area contributed by atoms with Gasteiger partial charge in [0, 0.05) is 11.9 Å². The molecule has 4 fully saturated rings. The standard InChI is InChI=1S/C20H23NO2/c22-19(18-8-16-3-1-2-4-17(16)23-18)21-12-20-9-13-5-14(10-20)7-15(6-13)11-20/h1-4,8,13-15H,5-7,9-12H2,(H,21,22). The smallest absolute Gasteiger partial charge is 0.287 e. The summed E-state index contributed by atoms with van der Waals surface area (Å²) < 4.78 is 5.69. The number of hydrogen-bond acceptors (Lipinski definition) is 2. The lowest BCUT2D eigenvalue weighted by atomic mass is 9.49. The van der Waals surface area contributed by atoms with Crippen LogP contribution in [0.25, 0.3) is 11.0 Å². The van der Waals surface area contributed by atoms with Crippen LogP contribution in [-0.2, 0) is 0 Å². The summed E-state index contributed by atoms with van der Waals surface area (Å²) in [6, 6.07) is 9.64. The van der Waals surface area contributed by atoms with E-state index in [4.69, 9.17) is 4.42 Å². The lowest BCUT2D eigenvalue weighted by Gasteiger charge is -2.56. The third-order valence-corrected chi connectivity index (χ3v) is 6.44. The van der Waals surface area contributed by atoms with E-state index in [2.05, 4.69) is 5.32 Å². The first kappa shape index (κ1) is 13.6. The molecule has 120 valence electrons. The van der Waals surface area contributed by atoms with Crippen LogP contribution in [0.5, 0.6) is 0 Å². The molecule has 1 amide bonds. The Balaban J connectivity index is 1.31. The summed E-state index contributed by atoms with van der Waals surface area (Å²) in [7, 11) is 0. The number of amides is 1. The van der Waals surface area contributed by atoms with Gasteiger partial charge < -0.3 is 9.73 Å². The Kier molecular flexibility index (Phi) is 2.88. The average molecular weight is 309 g/mol. The molecule has 1 aromatic heterocycles. The highest BCUT2D eigenvalue weighted by atomic mass is 16.3. The van der Waals surface area contributed by atoms with Crippen LogP contribution in [0.15, 0.2) is 34.7 Å². The summed E-state index contributed by atoms with van der Waals surface area (Å²) in [6.07, 6.45) is 8.28. The van der Waals surface area contributed by atoms with E-state index in [0.717, 1.165) is 35.3 Å². The Bertz CT molecular complexity index is 692. The van der Waals surface area contributed by atoms with E-state index in [1.807, 2.05) is 30.3 Å². The van der Waals surface area contributed by atoms with Gasteiger partial charge in [0.05, 0.1) is 0 Å². The summed E-state index contributed by atoms with van der Waals surface area (Å²) in [6.45, 7) is 0.826. The molecule has 1 aromatic carbocycles. The number of rotatable bonds is 3. The molecule has 0 atom stereocenters. The second-order valence-corrected chi connectivity index (χ2v) is 8.25. The maximum atomic E-state index is 12.5. The molecular weight excluding hydrogens is 286 g/mol. The van der Waals surface area contributed by atoms with Gasteiger partial charge in [0.15, 0.2) is 5.76 Å². The molecule has 6 rings (SSSR count). The Morgan fingerprint density at radius 3 is 2.39 bits per heavy atom. The minimum absolute atomic E-state index is 0.0584. The molecule has 3 nitrogen and oxygen atoms in total. The summed E-state index contributed by atoms with van der Waals surface area (Å²) in [5.41, 5.74) is 1.16. The van der Waals surface area contributed by atoms with E-state index in [-0.39, 0.29) is 5.91 Å². The summed E-state index contributed by atoms with van der Waals surface area (Å²) in [5.74, 6) is 3.14. The van der Waals surface area contributed by atoms with Gasteiger partial charge in [0.2, 0.25) is 0 Å². The fourth-order valence-electron chi connectivity index (χ4n) is 5.96. The highest BCUT2D eigenvalue weighted by Crippen LogP contribution is 2.59. The van der Waals surface area contributed by atoms with Crippen molar-refractivity contribution in [2.75, 3.05) is 6.54 Å². The van der Waals surface area contributed by atoms with Crippen molar-refractivity contribution in [1.82, 2.24) is 5.32 Å². The van der Waals surface area contributed by atoms with Crippen LogP contribution >= 0.6 is 0 Å². The molecule has 1 heterocycles. The Labute approximate surface area is 136 Å². The Morgan fingerprint density at radius 1 is 1.09 bits per heavy atom. The van der Waals surface area contributed by atoms with Gasteiger partial charge in [-0.15, -0.1) is 0 Å². The number of furan rings is 1. The number of nitrogens with one attached hydrogen (secondary N) is 1. The molecule has 3 heteroatoms. The number of fused-ring (bicyclic) bond motifs is 1. The van der Waals surface area contributed by atoms with Crippen molar-refractivity contribution in [2.24, 2.45) is 23.2 Å². The van der Waals surface area contributed by atoms with Crippen molar-refractivity contribution in [3.05, 3.63) is 36.1 Å². The van der Waals surface area contributed by atoms with Crippen molar-refractivity contribution in [3.8, 4) is 0 Å². The van der Waals surface area contributed by atoms with E-state index in [1.165, 1.54) is 38.5 Å². The largest absolute Gasteiger partial charge is 0.451 e. The number of carbonyl (C=O) groups is 1. The van der Waals surface area contributed by atoms with Gasteiger partial charge >= 0.3 is 0 Å². The van der Waals surface area contributed by atoms with Gasteiger partial charge in [0.1, 0.15) is 5.58 Å². The van der Waals surface area contributed by atoms with Gasteiger partial charge in [-0.2, -0.15) is 0 Å². The average Bonchev–Trinajstić information content (AvgIpc) is 2.95. The van der Waals surface area contributed by atoms with Gasteiger partial charge in [-0.1, -0.05) is 18.2 Å². The SMILES string of the molecule is O=C(NCC12CC3CC(CC(C3)C1)C2)c1cc2ccccc2o1. The maximum absolute atomic E-state index is 12.5. The zero-order chi connectivity index (χ0) is 15.4. The highest BCUT2D eigenvalue weighted by molar-refractivity contribution is 5.96. The van der Waals surface area contributed by atoms with Crippen LogP contribution < -0.4 is 5.32 Å². The number of para-hydroxylation sites is 1. The highest BCUT2D eigenvalue weighted by Gasteiger charge is 2.50. The minimum atomic E-state index is -0.0584. The van der Waals surface area contributed by atoms with Crippen LogP contribution in [0.1, 0.15) is 49.1 Å². The van der Waals surface area contributed by atoms with Gasteiger partial charge in [-0.3, -0.25) is 4.79 Å². The number of carbonyl (C=O) groups excluding carboxylic acids is 1. The van der Waals surface area contributed by atoms with E-state index in [9.17, 15) is 4.79 Å². The third-order valence-electron chi connectivity index (χ3n) is 6.44. The van der Waals surface area contributed by atoms with Crippen molar-refractivity contribution < 1.29 is 9.21 Å². The van der Waals surface area contributed by atoms with Crippen LogP contribution in [0.2, 0.25) is 0 Å². The predicted octanol–water partition coefficient (Wildman–Crippen LogP) is 4.38. The second-order valence-electron chi connectivity index (χ2n) is 8.25. The molecule has 2 aromatic rings. The molecule has 0 saturated heterocycles. The fourth-order valence-corrected chi connectivity index (χ4v) is 5.96. The van der Waals surface area contributed by atoms with Crippen LogP contribution in [-0.4, -0.2) is 12.5 Å². The van der Waals surface area contributed by atoms with E-state index >= 15 is 0 Å². The molecule has 23 heavy (non-hydrogen) atoms. The molecule has 4 saturated carbocycles. The molecular formula is C20H23NO2. The summed E-state index contributed by atoms with van der Waals surface area (Å²) in [4.78, 5) is 12.5. The molecule has 4 aliphatic carbocycles. The lowest BCUT2D eigenvalue weighted by molar-refractivity contribution is -0.0504. The summed E-state index contributed by atoms with van der Waals surface area (Å²) in [5, 5.41) is 4.18. The Hall–Kier alpha value is -1.77. The minimum Gasteiger partial charge on any atom is -0.451 e. The predicted molar refractivity (Wildman–Crippen MR) is 89.2 cm³/mol. The third kappa shape index (κ3) is 2.29. The Morgan fingerprint density at radius 2 is 1.74 bits per heavy atom. The van der Waals surface area contributed by atoms with E-state index in [0.29, 0.717) is 11.2 Å². The molecule has 1 N–H and O–H groups in total. The second kappa shape index (κ2) is 4.86.